The van der Waals surface area contributed by atoms with Crippen molar-refractivity contribution in [1.82, 2.24) is 10.2 Å². The van der Waals surface area contributed by atoms with E-state index >= 15 is 0 Å². The Hall–Kier alpha value is -3.39. The summed E-state index contributed by atoms with van der Waals surface area (Å²) >= 11 is 0. The van der Waals surface area contributed by atoms with Crippen LogP contribution in [0, 0.1) is 5.92 Å². The molecule has 33 heavy (non-hydrogen) atoms. The van der Waals surface area contributed by atoms with E-state index in [0.717, 1.165) is 35.1 Å². The highest BCUT2D eigenvalue weighted by molar-refractivity contribution is 5.87. The number of carboxylic acids is 1. The topological polar surface area (TPSA) is 105 Å². The molecule has 1 heterocycles. The van der Waals surface area contributed by atoms with Gasteiger partial charge in [0.15, 0.2) is 0 Å². The Bertz CT molecular complexity index is 1030. The Morgan fingerprint density at radius 2 is 1.61 bits per heavy atom. The van der Waals surface area contributed by atoms with E-state index in [-0.39, 0.29) is 37.1 Å². The van der Waals surface area contributed by atoms with Gasteiger partial charge in [-0.05, 0) is 41.0 Å². The van der Waals surface area contributed by atoms with Crippen molar-refractivity contribution in [1.29, 1.82) is 0 Å². The molecule has 0 bridgehead atoms. The van der Waals surface area contributed by atoms with Crippen LogP contribution >= 0.6 is 0 Å². The van der Waals surface area contributed by atoms with Gasteiger partial charge in [-0.25, -0.2) is 9.59 Å². The van der Waals surface area contributed by atoms with Crippen LogP contribution in [-0.4, -0.2) is 66.4 Å². The number of benzene rings is 2. The van der Waals surface area contributed by atoms with Crippen LogP contribution in [0.5, 0.6) is 0 Å². The Labute approximate surface area is 191 Å². The van der Waals surface area contributed by atoms with Crippen LogP contribution in [-0.2, 0) is 19.1 Å². The molecule has 0 aromatic heterocycles. The number of rotatable bonds is 8. The second kappa shape index (κ2) is 8.86. The molecule has 1 unspecified atom stereocenters. The van der Waals surface area contributed by atoms with Crippen LogP contribution in [0.15, 0.2) is 48.5 Å². The van der Waals surface area contributed by atoms with Crippen LogP contribution in [0.2, 0.25) is 0 Å². The third-order valence-corrected chi connectivity index (χ3v) is 6.58. The molecular formula is C25H26N2O6. The monoisotopic (exact) mass is 450 g/mol. The number of carboxylic acid groups (broad SMARTS) is 1. The second-order valence-electron chi connectivity index (χ2n) is 8.85. The van der Waals surface area contributed by atoms with Crippen molar-refractivity contribution in [3.8, 4) is 11.1 Å². The first kappa shape index (κ1) is 21.5. The molecule has 1 saturated carbocycles. The minimum Gasteiger partial charge on any atom is -0.480 e. The molecule has 8 nitrogen and oxygen atoms in total. The predicted octanol–water partition coefficient (Wildman–Crippen LogP) is 2.62. The zero-order valence-electron chi connectivity index (χ0n) is 18.1. The molecule has 1 saturated heterocycles. The molecule has 5 rings (SSSR count). The van der Waals surface area contributed by atoms with Crippen molar-refractivity contribution >= 4 is 18.0 Å². The van der Waals surface area contributed by atoms with E-state index < -0.39 is 18.1 Å². The smallest absolute Gasteiger partial charge is 0.407 e. The molecule has 1 atom stereocenters. The van der Waals surface area contributed by atoms with Crippen LogP contribution in [0.4, 0.5) is 4.79 Å². The van der Waals surface area contributed by atoms with Crippen molar-refractivity contribution in [2.75, 3.05) is 26.3 Å². The molecule has 8 heteroatoms. The standard InChI is InChI=1S/C25H26N2O6/c28-22(29)14-32-16-11-27(12-16)24(30)23(15-9-10-15)26-25(31)33-13-21-19-7-3-1-5-17(19)18-6-2-4-8-20(18)21/h1-8,15-16,21,23H,9-14H2,(H,26,31)(H,28,29). The number of hydrogen-bond donors (Lipinski definition) is 2. The third kappa shape index (κ3) is 4.43. The molecule has 2 aliphatic carbocycles. The molecule has 172 valence electrons. The second-order valence-corrected chi connectivity index (χ2v) is 8.85. The van der Waals surface area contributed by atoms with Gasteiger partial charge in [0.2, 0.25) is 5.91 Å². The summed E-state index contributed by atoms with van der Waals surface area (Å²) < 4.78 is 10.8. The van der Waals surface area contributed by atoms with Gasteiger partial charge in [-0.15, -0.1) is 0 Å². The number of carbonyl (C=O) groups excluding carboxylic acids is 2. The molecule has 2 fully saturated rings. The number of nitrogens with one attached hydrogen (secondary N) is 1. The van der Waals surface area contributed by atoms with E-state index in [1.54, 1.807) is 4.90 Å². The number of amides is 2. The lowest BCUT2D eigenvalue weighted by Gasteiger charge is -2.40. The maximum absolute atomic E-state index is 12.9. The van der Waals surface area contributed by atoms with E-state index in [0.29, 0.717) is 13.1 Å². The van der Waals surface area contributed by atoms with E-state index in [4.69, 9.17) is 14.6 Å². The first-order valence-electron chi connectivity index (χ1n) is 11.2. The lowest BCUT2D eigenvalue weighted by Crippen LogP contribution is -2.60. The zero-order valence-corrected chi connectivity index (χ0v) is 18.1. The summed E-state index contributed by atoms with van der Waals surface area (Å²) in [4.78, 5) is 37.8. The quantitative estimate of drug-likeness (QED) is 0.641. The van der Waals surface area contributed by atoms with Gasteiger partial charge in [0.05, 0.1) is 6.10 Å². The third-order valence-electron chi connectivity index (χ3n) is 6.58. The minimum absolute atomic E-state index is 0.0410. The van der Waals surface area contributed by atoms with E-state index in [2.05, 4.69) is 29.6 Å². The summed E-state index contributed by atoms with van der Waals surface area (Å²) in [5.41, 5.74) is 4.58. The summed E-state index contributed by atoms with van der Waals surface area (Å²) in [5, 5.41) is 11.5. The average Bonchev–Trinajstić information content (AvgIpc) is 3.57. The van der Waals surface area contributed by atoms with Gasteiger partial charge in [0.1, 0.15) is 19.3 Å². The van der Waals surface area contributed by atoms with Crippen LogP contribution in [0.1, 0.15) is 29.9 Å². The fourth-order valence-corrected chi connectivity index (χ4v) is 4.69. The first-order valence-corrected chi connectivity index (χ1v) is 11.2. The summed E-state index contributed by atoms with van der Waals surface area (Å²) in [6.07, 6.45) is 0.889. The molecule has 2 N–H and O–H groups in total. The Morgan fingerprint density at radius 1 is 1.00 bits per heavy atom. The summed E-state index contributed by atoms with van der Waals surface area (Å²) in [6.45, 7) is 0.487. The number of fused-ring (bicyclic) bond motifs is 3. The molecule has 2 amide bonds. The Kier molecular flexibility index (Phi) is 5.76. The Morgan fingerprint density at radius 3 is 2.18 bits per heavy atom. The largest absolute Gasteiger partial charge is 0.480 e. The van der Waals surface area contributed by atoms with Gasteiger partial charge in [-0.2, -0.15) is 0 Å². The fraction of sp³-hybridized carbons (Fsp3) is 0.400. The van der Waals surface area contributed by atoms with Gasteiger partial charge in [-0.3, -0.25) is 4.79 Å². The highest BCUT2D eigenvalue weighted by atomic mass is 16.5. The Balaban J connectivity index is 1.18. The molecular weight excluding hydrogens is 424 g/mol. The fourth-order valence-electron chi connectivity index (χ4n) is 4.69. The normalized spacial score (nSPS) is 18.1. The molecule has 1 aliphatic heterocycles. The van der Waals surface area contributed by atoms with Crippen molar-refractivity contribution in [3.63, 3.8) is 0 Å². The number of aliphatic carboxylic acids is 1. The van der Waals surface area contributed by atoms with E-state index in [9.17, 15) is 14.4 Å². The van der Waals surface area contributed by atoms with Crippen LogP contribution in [0.3, 0.4) is 0 Å². The zero-order chi connectivity index (χ0) is 22.9. The highest BCUT2D eigenvalue weighted by Crippen LogP contribution is 2.44. The highest BCUT2D eigenvalue weighted by Gasteiger charge is 2.43. The van der Waals surface area contributed by atoms with Gasteiger partial charge < -0.3 is 24.8 Å². The van der Waals surface area contributed by atoms with Crippen molar-refractivity contribution in [2.24, 2.45) is 5.92 Å². The van der Waals surface area contributed by atoms with Crippen LogP contribution < -0.4 is 5.32 Å². The lowest BCUT2D eigenvalue weighted by molar-refractivity contribution is -0.155. The maximum atomic E-state index is 12.9. The van der Waals surface area contributed by atoms with Crippen molar-refractivity contribution < 1.29 is 29.0 Å². The van der Waals surface area contributed by atoms with E-state index in [1.807, 2.05) is 24.3 Å². The number of nitrogens with zero attached hydrogens (tertiary/aromatic N) is 1. The average molecular weight is 450 g/mol. The number of likely N-dealkylation sites (tertiary alicyclic amines) is 1. The van der Waals surface area contributed by atoms with Gasteiger partial charge in [0.25, 0.3) is 0 Å². The van der Waals surface area contributed by atoms with Gasteiger partial charge in [-0.1, -0.05) is 48.5 Å². The van der Waals surface area contributed by atoms with Crippen molar-refractivity contribution in [3.05, 3.63) is 59.7 Å². The van der Waals surface area contributed by atoms with Gasteiger partial charge >= 0.3 is 12.1 Å². The lowest BCUT2D eigenvalue weighted by atomic mass is 9.98. The number of carbonyl (C=O) groups is 3. The maximum Gasteiger partial charge on any atom is 0.407 e. The SMILES string of the molecule is O=C(O)COC1CN(C(=O)C(NC(=O)OCC2c3ccccc3-c3ccccc32)C2CC2)C1. The summed E-state index contributed by atoms with van der Waals surface area (Å²) in [6, 6.07) is 15.6. The van der Waals surface area contributed by atoms with Crippen molar-refractivity contribution in [2.45, 2.75) is 30.9 Å². The molecule has 0 spiro atoms. The van der Waals surface area contributed by atoms with Gasteiger partial charge in [0, 0.05) is 19.0 Å². The first-order chi connectivity index (χ1) is 16.0. The molecule has 3 aliphatic rings. The number of ether oxygens (including phenoxy) is 2. The minimum atomic E-state index is -1.03. The molecule has 2 aromatic carbocycles. The van der Waals surface area contributed by atoms with E-state index in [1.165, 1.54) is 0 Å². The summed E-state index contributed by atoms with van der Waals surface area (Å²) in [5.74, 6) is -1.13. The number of hydrogen-bond acceptors (Lipinski definition) is 5. The van der Waals surface area contributed by atoms with Crippen LogP contribution in [0.25, 0.3) is 11.1 Å². The predicted molar refractivity (Wildman–Crippen MR) is 119 cm³/mol. The molecule has 2 aromatic rings. The number of alkyl carbamates (subject to hydrolysis) is 1. The molecule has 0 radical (unpaired) electrons. The summed E-state index contributed by atoms with van der Waals surface area (Å²) in [7, 11) is 0.